The van der Waals surface area contributed by atoms with E-state index in [1.165, 1.54) is 6.07 Å². The van der Waals surface area contributed by atoms with Crippen molar-refractivity contribution in [1.29, 1.82) is 0 Å². The van der Waals surface area contributed by atoms with E-state index in [0.29, 0.717) is 0 Å². The maximum absolute atomic E-state index is 13.1. The molecular weight excluding hydrogens is 268 g/mol. The van der Waals surface area contributed by atoms with Crippen LogP contribution in [0.15, 0.2) is 18.2 Å². The molecule has 4 nitrogen and oxygen atoms in total. The van der Waals surface area contributed by atoms with E-state index >= 15 is 0 Å². The Hall–Kier alpha value is -1.82. The third-order valence-corrected chi connectivity index (χ3v) is 3.45. The van der Waals surface area contributed by atoms with Gasteiger partial charge in [0.15, 0.2) is 11.6 Å². The van der Waals surface area contributed by atoms with Gasteiger partial charge in [0.05, 0.1) is 18.1 Å². The quantitative estimate of drug-likeness (QED) is 0.879. The number of benzene rings is 1. The molecule has 2 rings (SSSR count). The van der Waals surface area contributed by atoms with Crippen LogP contribution in [0.25, 0.3) is 0 Å². The molecule has 0 saturated heterocycles. The molecule has 0 aromatic heterocycles. The first-order valence-electron chi connectivity index (χ1n) is 6.33. The van der Waals surface area contributed by atoms with Crippen molar-refractivity contribution in [3.63, 3.8) is 0 Å². The van der Waals surface area contributed by atoms with Crippen molar-refractivity contribution in [3.05, 3.63) is 35.4 Å². The Labute approximate surface area is 114 Å². The largest absolute Gasteiger partial charge is 0.386 e. The monoisotopic (exact) mass is 283 g/mol. The number of ketones is 1. The summed E-state index contributed by atoms with van der Waals surface area (Å²) >= 11 is 0. The van der Waals surface area contributed by atoms with Crippen molar-refractivity contribution >= 4 is 11.7 Å². The summed E-state index contributed by atoms with van der Waals surface area (Å²) in [5, 5.41) is 12.6. The van der Waals surface area contributed by atoms with Gasteiger partial charge >= 0.3 is 0 Å². The van der Waals surface area contributed by atoms with Crippen molar-refractivity contribution in [2.24, 2.45) is 5.92 Å². The van der Waals surface area contributed by atoms with Gasteiger partial charge in [-0.05, 0) is 24.6 Å². The van der Waals surface area contributed by atoms with Gasteiger partial charge < -0.3 is 10.4 Å². The lowest BCUT2D eigenvalue weighted by Gasteiger charge is -2.27. The van der Waals surface area contributed by atoms with Crippen LogP contribution in [0.4, 0.5) is 8.78 Å². The number of aliphatic hydroxyl groups excluding tert-OH is 1. The second-order valence-corrected chi connectivity index (χ2v) is 5.06. The fraction of sp³-hybridized carbons (Fsp3) is 0.429. The minimum absolute atomic E-state index is 0.0407. The summed E-state index contributed by atoms with van der Waals surface area (Å²) < 4.78 is 25.9. The minimum Gasteiger partial charge on any atom is -0.386 e. The maximum Gasteiger partial charge on any atom is 0.224 e. The lowest BCUT2D eigenvalue weighted by atomic mass is 9.83. The van der Waals surface area contributed by atoms with Gasteiger partial charge in [-0.15, -0.1) is 0 Å². The molecule has 20 heavy (non-hydrogen) atoms. The topological polar surface area (TPSA) is 66.4 Å². The van der Waals surface area contributed by atoms with Gasteiger partial charge in [0.1, 0.15) is 5.78 Å². The highest BCUT2D eigenvalue weighted by Gasteiger charge is 2.34. The number of amides is 1. The molecule has 2 N–H and O–H groups in total. The molecule has 108 valence electrons. The van der Waals surface area contributed by atoms with Crippen molar-refractivity contribution in [1.82, 2.24) is 5.32 Å². The fourth-order valence-electron chi connectivity index (χ4n) is 2.08. The molecule has 6 heteroatoms. The predicted molar refractivity (Wildman–Crippen MR) is 66.7 cm³/mol. The molecule has 0 spiro atoms. The highest BCUT2D eigenvalue weighted by Crippen LogP contribution is 2.24. The molecule has 1 saturated carbocycles. The van der Waals surface area contributed by atoms with Crippen LogP contribution in [0, 0.1) is 17.6 Å². The Kier molecular flexibility index (Phi) is 4.13. The Morgan fingerprint density at radius 2 is 2.00 bits per heavy atom. The summed E-state index contributed by atoms with van der Waals surface area (Å²) in [4.78, 5) is 22.5. The average molecular weight is 283 g/mol. The van der Waals surface area contributed by atoms with Gasteiger partial charge in [-0.1, -0.05) is 6.07 Å². The molecule has 1 aliphatic carbocycles. The number of rotatable bonds is 4. The lowest BCUT2D eigenvalue weighted by molar-refractivity contribution is -0.138. The summed E-state index contributed by atoms with van der Waals surface area (Å²) in [6, 6.07) is 2.42. The van der Waals surface area contributed by atoms with E-state index in [1.54, 1.807) is 6.92 Å². The number of hydrogen-bond acceptors (Lipinski definition) is 3. The van der Waals surface area contributed by atoms with Crippen molar-refractivity contribution < 1.29 is 23.5 Å². The molecule has 2 atom stereocenters. The smallest absolute Gasteiger partial charge is 0.224 e. The first-order chi connectivity index (χ1) is 9.38. The van der Waals surface area contributed by atoms with Gasteiger partial charge in [-0.3, -0.25) is 9.59 Å². The third kappa shape index (κ3) is 3.01. The Morgan fingerprint density at radius 1 is 1.35 bits per heavy atom. The average Bonchev–Trinajstić information content (AvgIpc) is 2.37. The zero-order valence-corrected chi connectivity index (χ0v) is 10.9. The van der Waals surface area contributed by atoms with Crippen LogP contribution in [-0.2, 0) is 9.59 Å². The first-order valence-corrected chi connectivity index (χ1v) is 6.33. The van der Waals surface area contributed by atoms with Crippen LogP contribution < -0.4 is 5.32 Å². The fourth-order valence-corrected chi connectivity index (χ4v) is 2.08. The second kappa shape index (κ2) is 5.66. The molecule has 0 radical (unpaired) electrons. The highest BCUT2D eigenvalue weighted by atomic mass is 19.2. The number of Topliss-reactive ketones (excluding diaryl/α,β-unsaturated/α-hetero) is 1. The number of halogens is 2. The van der Waals surface area contributed by atoms with E-state index in [2.05, 4.69) is 5.32 Å². The molecular formula is C14H15F2NO3. The van der Waals surface area contributed by atoms with E-state index in [-0.39, 0.29) is 36.0 Å². The normalized spacial score (nSPS) is 18.3. The molecule has 1 amide bonds. The third-order valence-electron chi connectivity index (χ3n) is 3.45. The van der Waals surface area contributed by atoms with Gasteiger partial charge in [0, 0.05) is 12.8 Å². The number of carbonyl (C=O) groups is 2. The van der Waals surface area contributed by atoms with Crippen LogP contribution in [0.1, 0.15) is 31.4 Å². The van der Waals surface area contributed by atoms with Gasteiger partial charge in [0.2, 0.25) is 5.91 Å². The SMILES string of the molecule is CC(NC(=O)C1CC(=O)C1)C(O)c1ccc(F)c(F)c1. The van der Waals surface area contributed by atoms with Crippen LogP contribution in [-0.4, -0.2) is 22.8 Å². The Bertz CT molecular complexity index is 539. The van der Waals surface area contributed by atoms with E-state index in [1.807, 2.05) is 0 Å². The van der Waals surface area contributed by atoms with E-state index in [0.717, 1.165) is 12.1 Å². The van der Waals surface area contributed by atoms with Crippen LogP contribution in [0.5, 0.6) is 0 Å². The molecule has 2 unspecified atom stereocenters. The van der Waals surface area contributed by atoms with Gasteiger partial charge in [0.25, 0.3) is 0 Å². The zero-order valence-electron chi connectivity index (χ0n) is 10.9. The Morgan fingerprint density at radius 3 is 2.55 bits per heavy atom. The summed E-state index contributed by atoms with van der Waals surface area (Å²) in [7, 11) is 0. The molecule has 1 fully saturated rings. The van der Waals surface area contributed by atoms with Crippen molar-refractivity contribution in [3.8, 4) is 0 Å². The van der Waals surface area contributed by atoms with Crippen LogP contribution >= 0.6 is 0 Å². The number of nitrogens with one attached hydrogen (secondary N) is 1. The minimum atomic E-state index is -1.15. The van der Waals surface area contributed by atoms with Crippen LogP contribution in [0.2, 0.25) is 0 Å². The molecule has 0 bridgehead atoms. The summed E-state index contributed by atoms with van der Waals surface area (Å²) in [6.45, 7) is 1.56. The highest BCUT2D eigenvalue weighted by molar-refractivity contribution is 5.96. The van der Waals surface area contributed by atoms with Crippen LogP contribution in [0.3, 0.4) is 0 Å². The number of hydrogen-bond donors (Lipinski definition) is 2. The number of aliphatic hydroxyl groups is 1. The number of carbonyl (C=O) groups excluding carboxylic acids is 2. The maximum atomic E-state index is 13.1. The van der Waals surface area contributed by atoms with Gasteiger partial charge in [-0.25, -0.2) is 8.78 Å². The molecule has 1 aromatic carbocycles. The first kappa shape index (κ1) is 14.6. The molecule has 0 aliphatic heterocycles. The Balaban J connectivity index is 1.97. The second-order valence-electron chi connectivity index (χ2n) is 5.06. The summed E-state index contributed by atoms with van der Waals surface area (Å²) in [5.41, 5.74) is 0.182. The van der Waals surface area contributed by atoms with E-state index in [4.69, 9.17) is 0 Å². The van der Waals surface area contributed by atoms with Crippen molar-refractivity contribution in [2.75, 3.05) is 0 Å². The van der Waals surface area contributed by atoms with Crippen molar-refractivity contribution in [2.45, 2.75) is 31.9 Å². The van der Waals surface area contributed by atoms with E-state index in [9.17, 15) is 23.5 Å². The summed E-state index contributed by atoms with van der Waals surface area (Å²) in [5.74, 6) is -2.66. The molecule has 1 aromatic rings. The zero-order chi connectivity index (χ0) is 14.9. The standard InChI is InChI=1S/C14H15F2NO3/c1-7(17-14(20)9-4-10(18)5-9)13(19)8-2-3-11(15)12(16)6-8/h2-3,6-7,9,13,19H,4-5H2,1H3,(H,17,20). The van der Waals surface area contributed by atoms with Gasteiger partial charge in [-0.2, -0.15) is 0 Å². The predicted octanol–water partition coefficient (Wildman–Crippen LogP) is 1.48. The lowest BCUT2D eigenvalue weighted by Crippen LogP contribution is -2.44. The van der Waals surface area contributed by atoms with E-state index < -0.39 is 23.8 Å². The molecule has 0 heterocycles. The summed E-state index contributed by atoms with van der Waals surface area (Å²) in [6.07, 6.45) is -0.704. The molecule has 1 aliphatic rings.